The molecule has 1 aromatic carbocycles. The first-order chi connectivity index (χ1) is 11.0. The van der Waals surface area contributed by atoms with Crippen LogP contribution in [0.3, 0.4) is 0 Å². The molecule has 0 saturated heterocycles. The molecule has 0 aromatic heterocycles. The number of nitrogens with one attached hydrogen (secondary N) is 1. The third kappa shape index (κ3) is 8.07. The van der Waals surface area contributed by atoms with Crippen LogP contribution in [-0.4, -0.2) is 6.54 Å². The van der Waals surface area contributed by atoms with Gasteiger partial charge >= 0.3 is 6.18 Å². The molecule has 0 unspecified atom stereocenters. The molecule has 1 rings (SSSR count). The van der Waals surface area contributed by atoms with E-state index in [1.807, 2.05) is 0 Å². The molecule has 0 aliphatic heterocycles. The van der Waals surface area contributed by atoms with E-state index in [4.69, 9.17) is 11.6 Å². The molecule has 0 fully saturated rings. The summed E-state index contributed by atoms with van der Waals surface area (Å²) in [6, 6.07) is 4.06. The van der Waals surface area contributed by atoms with Gasteiger partial charge in [0.15, 0.2) is 0 Å². The highest BCUT2D eigenvalue weighted by molar-refractivity contribution is 6.32. The Bertz CT molecular complexity index is 446. The smallest absolute Gasteiger partial charge is 0.313 e. The third-order valence-corrected chi connectivity index (χ3v) is 4.35. The summed E-state index contributed by atoms with van der Waals surface area (Å²) in [6.07, 6.45) is 5.53. The molecule has 0 heterocycles. The van der Waals surface area contributed by atoms with Crippen LogP contribution < -0.4 is 5.32 Å². The van der Waals surface area contributed by atoms with Crippen molar-refractivity contribution in [2.24, 2.45) is 0 Å². The van der Waals surface area contributed by atoms with Crippen LogP contribution in [0, 0.1) is 0 Å². The molecule has 0 aliphatic rings. The monoisotopic (exact) mass is 349 g/mol. The van der Waals surface area contributed by atoms with Crippen LogP contribution in [0.4, 0.5) is 13.2 Å². The third-order valence-electron chi connectivity index (χ3n) is 3.91. The van der Waals surface area contributed by atoms with Gasteiger partial charge in [0.25, 0.3) is 0 Å². The summed E-state index contributed by atoms with van der Waals surface area (Å²) in [4.78, 5) is 0. The Morgan fingerprint density at radius 1 is 0.957 bits per heavy atom. The van der Waals surface area contributed by atoms with Crippen LogP contribution in [0.15, 0.2) is 18.2 Å². The molecular formula is C18H27ClF3N. The van der Waals surface area contributed by atoms with Crippen LogP contribution in [0.1, 0.15) is 69.4 Å². The molecule has 0 bridgehead atoms. The number of hydrogen-bond donors (Lipinski definition) is 1. The van der Waals surface area contributed by atoms with Crippen molar-refractivity contribution in [3.63, 3.8) is 0 Å². The summed E-state index contributed by atoms with van der Waals surface area (Å²) in [5.74, 6) is 0. The lowest BCUT2D eigenvalue weighted by Gasteiger charge is -2.13. The topological polar surface area (TPSA) is 12.0 Å². The van der Waals surface area contributed by atoms with E-state index < -0.39 is 11.7 Å². The van der Waals surface area contributed by atoms with Crippen LogP contribution in [0.25, 0.3) is 0 Å². The van der Waals surface area contributed by atoms with Crippen LogP contribution >= 0.6 is 11.6 Å². The van der Waals surface area contributed by atoms with Crippen LogP contribution in [-0.2, 0) is 12.7 Å². The van der Waals surface area contributed by atoms with Crippen molar-refractivity contribution in [2.75, 3.05) is 6.54 Å². The molecule has 1 N–H and O–H groups in total. The molecule has 0 saturated carbocycles. The average Bonchev–Trinajstić information content (AvgIpc) is 2.49. The molecule has 0 radical (unpaired) electrons. The van der Waals surface area contributed by atoms with Gasteiger partial charge in [-0.3, -0.25) is 0 Å². The standard InChI is InChI=1S/C18H27ClF3N/c1-2-3-4-5-6-7-8-9-13-23-14-15-11-10-12-16(17(15)19)18(20,21)22/h10-12,23H,2-9,13-14H2,1H3. The molecule has 5 heteroatoms. The van der Waals surface area contributed by atoms with E-state index in [2.05, 4.69) is 12.2 Å². The van der Waals surface area contributed by atoms with Gasteiger partial charge in [0.05, 0.1) is 10.6 Å². The fraction of sp³-hybridized carbons (Fsp3) is 0.667. The van der Waals surface area contributed by atoms with Crippen molar-refractivity contribution >= 4 is 11.6 Å². The van der Waals surface area contributed by atoms with E-state index in [1.54, 1.807) is 6.07 Å². The number of hydrogen-bond acceptors (Lipinski definition) is 1. The SMILES string of the molecule is CCCCCCCCCCNCc1cccc(C(F)(F)F)c1Cl. The zero-order chi connectivity index (χ0) is 17.1. The maximum Gasteiger partial charge on any atom is 0.417 e. The van der Waals surface area contributed by atoms with E-state index in [-0.39, 0.29) is 5.02 Å². The highest BCUT2D eigenvalue weighted by atomic mass is 35.5. The van der Waals surface area contributed by atoms with Crippen molar-refractivity contribution in [3.05, 3.63) is 34.3 Å². The van der Waals surface area contributed by atoms with Gasteiger partial charge in [0, 0.05) is 6.54 Å². The Balaban J connectivity index is 2.19. The van der Waals surface area contributed by atoms with Crippen molar-refractivity contribution in [1.82, 2.24) is 5.32 Å². The normalized spacial score (nSPS) is 11.9. The van der Waals surface area contributed by atoms with Crippen molar-refractivity contribution in [1.29, 1.82) is 0 Å². The van der Waals surface area contributed by atoms with Gasteiger partial charge in [0.2, 0.25) is 0 Å². The van der Waals surface area contributed by atoms with Gasteiger partial charge in [0.1, 0.15) is 0 Å². The summed E-state index contributed by atoms with van der Waals surface area (Å²) in [5, 5.41) is 2.99. The second kappa shape index (κ2) is 10.9. The Kier molecular flexibility index (Phi) is 9.65. The molecule has 0 amide bonds. The van der Waals surface area contributed by atoms with Gasteiger partial charge in [-0.2, -0.15) is 13.2 Å². The van der Waals surface area contributed by atoms with Crippen molar-refractivity contribution in [2.45, 2.75) is 71.0 Å². The quantitative estimate of drug-likeness (QED) is 0.444. The fourth-order valence-corrected chi connectivity index (χ4v) is 2.84. The minimum atomic E-state index is -4.40. The van der Waals surface area contributed by atoms with E-state index in [9.17, 15) is 13.2 Å². The Morgan fingerprint density at radius 2 is 1.57 bits per heavy atom. The summed E-state index contributed by atoms with van der Waals surface area (Å²) in [5.41, 5.74) is -0.258. The first kappa shape index (κ1) is 20.3. The first-order valence-electron chi connectivity index (χ1n) is 8.52. The Labute approximate surface area is 142 Å². The summed E-state index contributed by atoms with van der Waals surface area (Å²) in [7, 11) is 0. The fourth-order valence-electron chi connectivity index (χ4n) is 2.54. The van der Waals surface area contributed by atoms with Crippen LogP contribution in [0.2, 0.25) is 5.02 Å². The lowest BCUT2D eigenvalue weighted by molar-refractivity contribution is -0.137. The number of benzene rings is 1. The Morgan fingerprint density at radius 3 is 2.17 bits per heavy atom. The molecule has 1 nitrogen and oxygen atoms in total. The highest BCUT2D eigenvalue weighted by Gasteiger charge is 2.33. The predicted molar refractivity (Wildman–Crippen MR) is 90.8 cm³/mol. The number of alkyl halides is 3. The predicted octanol–water partition coefficient (Wildman–Crippen LogP) is 6.59. The minimum Gasteiger partial charge on any atom is -0.313 e. The molecule has 23 heavy (non-hydrogen) atoms. The second-order valence-electron chi connectivity index (χ2n) is 5.93. The lowest BCUT2D eigenvalue weighted by Crippen LogP contribution is -2.16. The van der Waals surface area contributed by atoms with E-state index in [0.29, 0.717) is 12.1 Å². The molecular weight excluding hydrogens is 323 g/mol. The highest BCUT2D eigenvalue weighted by Crippen LogP contribution is 2.36. The molecule has 0 aliphatic carbocycles. The number of unbranched alkanes of at least 4 members (excludes halogenated alkanes) is 7. The maximum absolute atomic E-state index is 12.8. The maximum atomic E-state index is 12.8. The van der Waals surface area contributed by atoms with E-state index >= 15 is 0 Å². The largest absolute Gasteiger partial charge is 0.417 e. The Hall–Kier alpha value is -0.740. The zero-order valence-corrected chi connectivity index (χ0v) is 14.6. The lowest BCUT2D eigenvalue weighted by atomic mass is 10.1. The van der Waals surface area contributed by atoms with Gasteiger partial charge in [-0.15, -0.1) is 0 Å². The number of rotatable bonds is 11. The van der Waals surface area contributed by atoms with Gasteiger partial charge in [-0.1, -0.05) is 75.6 Å². The molecule has 0 atom stereocenters. The second-order valence-corrected chi connectivity index (χ2v) is 6.31. The number of halogens is 4. The summed E-state index contributed by atoms with van der Waals surface area (Å²) < 4.78 is 38.3. The molecule has 1 aromatic rings. The van der Waals surface area contributed by atoms with Gasteiger partial charge in [-0.05, 0) is 24.6 Å². The van der Waals surface area contributed by atoms with E-state index in [1.165, 1.54) is 44.6 Å². The van der Waals surface area contributed by atoms with Gasteiger partial charge in [-0.25, -0.2) is 0 Å². The summed E-state index contributed by atoms with van der Waals surface area (Å²) >= 11 is 5.86. The molecule has 132 valence electrons. The zero-order valence-electron chi connectivity index (χ0n) is 13.8. The van der Waals surface area contributed by atoms with Crippen LogP contribution in [0.5, 0.6) is 0 Å². The van der Waals surface area contributed by atoms with Gasteiger partial charge < -0.3 is 5.32 Å². The average molecular weight is 350 g/mol. The molecule has 0 spiro atoms. The van der Waals surface area contributed by atoms with Crippen molar-refractivity contribution < 1.29 is 13.2 Å². The summed E-state index contributed by atoms with van der Waals surface area (Å²) in [6.45, 7) is 3.39. The first-order valence-corrected chi connectivity index (χ1v) is 8.90. The van der Waals surface area contributed by atoms with Crippen molar-refractivity contribution in [3.8, 4) is 0 Å². The minimum absolute atomic E-state index is 0.191. The van der Waals surface area contributed by atoms with E-state index in [0.717, 1.165) is 25.5 Å².